The van der Waals surface area contributed by atoms with Gasteiger partial charge in [-0.25, -0.2) is 9.97 Å². The van der Waals surface area contributed by atoms with Crippen molar-refractivity contribution in [3.63, 3.8) is 0 Å². The zero-order valence-corrected chi connectivity index (χ0v) is 9.28. The third kappa shape index (κ3) is 2.57. The first kappa shape index (κ1) is 10.6. The Labute approximate surface area is 95.4 Å². The van der Waals surface area contributed by atoms with E-state index in [1.54, 1.807) is 13.1 Å². The summed E-state index contributed by atoms with van der Waals surface area (Å²) in [5.41, 5.74) is 5.96. The van der Waals surface area contributed by atoms with Gasteiger partial charge < -0.3 is 10.7 Å². The second-order valence-corrected chi connectivity index (χ2v) is 4.09. The molecule has 16 heavy (non-hydrogen) atoms. The lowest BCUT2D eigenvalue weighted by atomic mass is 10.5. The highest BCUT2D eigenvalue weighted by atomic mass is 32.2. The number of aryl methyl sites for hydroxylation is 1. The van der Waals surface area contributed by atoms with Gasteiger partial charge in [0.1, 0.15) is 10.8 Å². The Kier molecular flexibility index (Phi) is 2.86. The average Bonchev–Trinajstić information content (AvgIpc) is 2.15. The smallest absolute Gasteiger partial charge is 0.251 e. The predicted octanol–water partition coefficient (Wildman–Crippen LogP) is 0.602. The van der Waals surface area contributed by atoms with E-state index >= 15 is 0 Å². The van der Waals surface area contributed by atoms with Gasteiger partial charge in [-0.3, -0.25) is 9.78 Å². The van der Waals surface area contributed by atoms with Gasteiger partial charge in [0.05, 0.1) is 12.4 Å². The molecule has 2 aromatic heterocycles. The molecule has 82 valence electrons. The average molecular weight is 235 g/mol. The van der Waals surface area contributed by atoms with E-state index in [4.69, 9.17) is 5.73 Å². The molecule has 6 nitrogen and oxygen atoms in total. The van der Waals surface area contributed by atoms with Crippen molar-refractivity contribution in [2.45, 2.75) is 17.1 Å². The molecule has 0 atom stereocenters. The molecule has 0 aliphatic heterocycles. The van der Waals surface area contributed by atoms with Crippen LogP contribution in [0.3, 0.4) is 0 Å². The summed E-state index contributed by atoms with van der Waals surface area (Å²) in [6.45, 7) is 1.75. The molecule has 0 bridgehead atoms. The monoisotopic (exact) mass is 235 g/mol. The van der Waals surface area contributed by atoms with Crippen LogP contribution in [0.5, 0.6) is 0 Å². The van der Waals surface area contributed by atoms with E-state index in [-0.39, 0.29) is 5.56 Å². The van der Waals surface area contributed by atoms with E-state index in [9.17, 15) is 4.79 Å². The Balaban J connectivity index is 2.30. The second-order valence-electron chi connectivity index (χ2n) is 3.08. The summed E-state index contributed by atoms with van der Waals surface area (Å²) in [5.74, 6) is 0.333. The summed E-state index contributed by atoms with van der Waals surface area (Å²) in [7, 11) is 0. The fourth-order valence-electron chi connectivity index (χ4n) is 1.11. The van der Waals surface area contributed by atoms with E-state index < -0.39 is 0 Å². The zero-order chi connectivity index (χ0) is 11.5. The minimum absolute atomic E-state index is 0.188. The first-order valence-electron chi connectivity index (χ1n) is 4.47. The van der Waals surface area contributed by atoms with E-state index in [1.165, 1.54) is 24.0 Å². The van der Waals surface area contributed by atoms with Crippen LogP contribution in [0, 0.1) is 6.92 Å². The Morgan fingerprint density at radius 2 is 2.19 bits per heavy atom. The molecule has 0 aliphatic carbocycles. The Morgan fingerprint density at radius 3 is 2.88 bits per heavy atom. The molecule has 2 aromatic rings. The van der Waals surface area contributed by atoms with Crippen molar-refractivity contribution >= 4 is 17.6 Å². The molecule has 2 heterocycles. The van der Waals surface area contributed by atoms with Gasteiger partial charge in [-0.1, -0.05) is 0 Å². The Bertz CT molecular complexity index is 568. The standard InChI is InChI=1S/C9H9N5OS/c1-5-2-7(15)14-9(12-5)16-8-4-11-3-6(10)13-8/h2-4H,1H3,(H2,10,13)(H,12,14,15). The van der Waals surface area contributed by atoms with Gasteiger partial charge in [-0.15, -0.1) is 0 Å². The number of aromatic nitrogens is 4. The second kappa shape index (κ2) is 4.31. The number of rotatable bonds is 2. The molecule has 0 fully saturated rings. The molecule has 2 rings (SSSR count). The van der Waals surface area contributed by atoms with Gasteiger partial charge in [0.15, 0.2) is 5.16 Å². The molecule has 0 amide bonds. The number of H-pyrrole nitrogens is 1. The van der Waals surface area contributed by atoms with Gasteiger partial charge in [-0.2, -0.15) is 0 Å². The number of nitrogens with zero attached hydrogens (tertiary/aromatic N) is 3. The molecule has 0 saturated carbocycles. The predicted molar refractivity (Wildman–Crippen MR) is 60.2 cm³/mol. The minimum Gasteiger partial charge on any atom is -0.382 e. The number of aromatic amines is 1. The number of anilines is 1. The lowest BCUT2D eigenvalue weighted by Gasteiger charge is -2.00. The normalized spacial score (nSPS) is 10.3. The van der Waals surface area contributed by atoms with Crippen LogP contribution < -0.4 is 11.3 Å². The number of nitrogen functional groups attached to an aromatic ring is 1. The third-order valence-corrected chi connectivity index (χ3v) is 2.47. The summed E-state index contributed by atoms with van der Waals surface area (Å²) in [5, 5.41) is 1.07. The van der Waals surface area contributed by atoms with Gasteiger partial charge >= 0.3 is 0 Å². The van der Waals surface area contributed by atoms with Crippen molar-refractivity contribution in [3.05, 3.63) is 34.5 Å². The maximum Gasteiger partial charge on any atom is 0.251 e. The van der Waals surface area contributed by atoms with Crippen LogP contribution in [0.4, 0.5) is 5.82 Å². The highest BCUT2D eigenvalue weighted by Crippen LogP contribution is 2.21. The van der Waals surface area contributed by atoms with E-state index in [0.717, 1.165) is 0 Å². The molecule has 0 aromatic carbocycles. The van der Waals surface area contributed by atoms with Crippen LogP contribution in [-0.4, -0.2) is 19.9 Å². The first-order valence-corrected chi connectivity index (χ1v) is 5.28. The highest BCUT2D eigenvalue weighted by Gasteiger charge is 2.03. The summed E-state index contributed by atoms with van der Waals surface area (Å²) >= 11 is 1.21. The molecule has 0 aliphatic rings. The molecular weight excluding hydrogens is 226 g/mol. The lowest BCUT2D eigenvalue weighted by Crippen LogP contribution is -2.08. The number of nitrogens with two attached hydrogens (primary N) is 1. The first-order chi connectivity index (χ1) is 7.63. The van der Waals surface area contributed by atoms with Gasteiger partial charge in [-0.05, 0) is 18.7 Å². The summed E-state index contributed by atoms with van der Waals surface area (Å²) in [4.78, 5) is 25.9. The Hall–Kier alpha value is -1.89. The van der Waals surface area contributed by atoms with Crippen LogP contribution in [0.1, 0.15) is 5.69 Å². The molecule has 0 radical (unpaired) electrons. The molecule has 7 heteroatoms. The fourth-order valence-corrected chi connectivity index (χ4v) is 1.91. The maximum atomic E-state index is 11.2. The number of hydrogen-bond donors (Lipinski definition) is 2. The molecule has 0 spiro atoms. The molecule has 0 unspecified atom stereocenters. The van der Waals surface area contributed by atoms with Crippen molar-refractivity contribution in [2.24, 2.45) is 0 Å². The van der Waals surface area contributed by atoms with Crippen LogP contribution >= 0.6 is 11.8 Å². The highest BCUT2D eigenvalue weighted by molar-refractivity contribution is 7.99. The van der Waals surface area contributed by atoms with E-state index in [1.807, 2.05) is 0 Å². The lowest BCUT2D eigenvalue weighted by molar-refractivity contribution is 0.900. The number of nitrogens with one attached hydrogen (secondary N) is 1. The van der Waals surface area contributed by atoms with Crippen LogP contribution in [0.2, 0.25) is 0 Å². The van der Waals surface area contributed by atoms with Crippen LogP contribution in [-0.2, 0) is 0 Å². The van der Waals surface area contributed by atoms with Crippen molar-refractivity contribution in [1.29, 1.82) is 0 Å². The SMILES string of the molecule is Cc1cc(=O)[nH]c(Sc2cncc(N)n2)n1. The summed E-state index contributed by atoms with van der Waals surface area (Å²) < 4.78 is 0. The quantitative estimate of drug-likeness (QED) is 0.740. The molecule has 0 saturated heterocycles. The van der Waals surface area contributed by atoms with E-state index in [2.05, 4.69) is 19.9 Å². The van der Waals surface area contributed by atoms with Crippen molar-refractivity contribution in [2.75, 3.05) is 5.73 Å². The van der Waals surface area contributed by atoms with Gasteiger partial charge in [0.25, 0.3) is 5.56 Å². The van der Waals surface area contributed by atoms with Crippen LogP contribution in [0.15, 0.2) is 33.4 Å². The fraction of sp³-hybridized carbons (Fsp3) is 0.111. The van der Waals surface area contributed by atoms with Crippen molar-refractivity contribution in [3.8, 4) is 0 Å². The Morgan fingerprint density at radius 1 is 1.38 bits per heavy atom. The topological polar surface area (TPSA) is 97.5 Å². The van der Waals surface area contributed by atoms with E-state index in [0.29, 0.717) is 21.7 Å². The molecule has 3 N–H and O–H groups in total. The largest absolute Gasteiger partial charge is 0.382 e. The van der Waals surface area contributed by atoms with Gasteiger partial charge in [0.2, 0.25) is 0 Å². The summed E-state index contributed by atoms with van der Waals surface area (Å²) in [6, 6.07) is 1.43. The van der Waals surface area contributed by atoms with Gasteiger partial charge in [0, 0.05) is 11.8 Å². The third-order valence-electron chi connectivity index (χ3n) is 1.68. The zero-order valence-electron chi connectivity index (χ0n) is 8.47. The summed E-state index contributed by atoms with van der Waals surface area (Å²) in [6.07, 6.45) is 3.01. The van der Waals surface area contributed by atoms with Crippen LogP contribution in [0.25, 0.3) is 0 Å². The van der Waals surface area contributed by atoms with Crippen molar-refractivity contribution in [1.82, 2.24) is 19.9 Å². The maximum absolute atomic E-state index is 11.2. The minimum atomic E-state index is -0.188. The molecular formula is C9H9N5OS. The number of hydrogen-bond acceptors (Lipinski definition) is 6. The van der Waals surface area contributed by atoms with Crippen molar-refractivity contribution < 1.29 is 0 Å².